The molecule has 0 radical (unpaired) electrons. The number of anilines is 1. The van der Waals surface area contributed by atoms with Gasteiger partial charge in [0.15, 0.2) is 0 Å². The summed E-state index contributed by atoms with van der Waals surface area (Å²) in [5, 5.41) is 13.7. The van der Waals surface area contributed by atoms with Gasteiger partial charge in [0, 0.05) is 44.4 Å². The third-order valence-electron chi connectivity index (χ3n) is 4.65. The zero-order chi connectivity index (χ0) is 20.1. The summed E-state index contributed by atoms with van der Waals surface area (Å²) in [5.74, 6) is -0.0865. The summed E-state index contributed by atoms with van der Waals surface area (Å²) in [7, 11) is 0. The van der Waals surface area contributed by atoms with Gasteiger partial charge in [0.25, 0.3) is 11.6 Å². The lowest BCUT2D eigenvalue weighted by molar-refractivity contribution is -0.384. The first-order valence-corrected chi connectivity index (χ1v) is 8.85. The molecule has 1 aliphatic heterocycles. The number of hydrogen-bond donors (Lipinski definition) is 2. The Bertz CT molecular complexity index is 876. The van der Waals surface area contributed by atoms with E-state index in [1.54, 1.807) is 47.4 Å². The molecule has 0 saturated carbocycles. The van der Waals surface area contributed by atoms with Gasteiger partial charge in [0.1, 0.15) is 5.69 Å². The van der Waals surface area contributed by atoms with Crippen molar-refractivity contribution >= 4 is 23.3 Å². The van der Waals surface area contributed by atoms with Gasteiger partial charge in [0.2, 0.25) is 0 Å². The number of nitro benzene ring substituents is 1. The van der Waals surface area contributed by atoms with Crippen molar-refractivity contribution in [3.05, 3.63) is 69.8 Å². The fourth-order valence-corrected chi connectivity index (χ4v) is 3.17. The van der Waals surface area contributed by atoms with Crippen molar-refractivity contribution in [1.29, 1.82) is 0 Å². The molecule has 28 heavy (non-hydrogen) atoms. The maximum atomic E-state index is 12.7. The third kappa shape index (κ3) is 4.37. The molecule has 0 bridgehead atoms. The minimum Gasteiger partial charge on any atom is -0.362 e. The average Bonchev–Trinajstić information content (AvgIpc) is 2.72. The lowest BCUT2D eigenvalue weighted by Crippen LogP contribution is -2.49. The molecule has 9 nitrogen and oxygen atoms in total. The van der Waals surface area contributed by atoms with Crippen LogP contribution in [0.4, 0.5) is 16.2 Å². The minimum atomic E-state index is -0.600. The predicted molar refractivity (Wildman–Crippen MR) is 104 cm³/mol. The van der Waals surface area contributed by atoms with Crippen molar-refractivity contribution in [3.63, 3.8) is 0 Å². The Balaban J connectivity index is 1.61. The third-order valence-corrected chi connectivity index (χ3v) is 4.65. The molecule has 3 N–H and O–H groups in total. The highest BCUT2D eigenvalue weighted by atomic mass is 16.6. The largest absolute Gasteiger partial charge is 0.362 e. The summed E-state index contributed by atoms with van der Waals surface area (Å²) in [5.41, 5.74) is 7.09. The van der Waals surface area contributed by atoms with Crippen LogP contribution < -0.4 is 16.0 Å². The second-order valence-electron chi connectivity index (χ2n) is 6.44. The molecule has 0 aromatic heterocycles. The predicted octanol–water partition coefficient (Wildman–Crippen LogP) is 1.73. The summed E-state index contributed by atoms with van der Waals surface area (Å²) < 4.78 is 0. The lowest BCUT2D eigenvalue weighted by Gasteiger charge is -2.35. The van der Waals surface area contributed by atoms with E-state index in [-0.39, 0.29) is 16.5 Å². The summed E-state index contributed by atoms with van der Waals surface area (Å²) >= 11 is 0. The molecule has 9 heteroatoms. The van der Waals surface area contributed by atoms with Gasteiger partial charge in [-0.05, 0) is 23.8 Å². The van der Waals surface area contributed by atoms with Crippen molar-refractivity contribution in [2.75, 3.05) is 31.1 Å². The number of amides is 3. The topological polar surface area (TPSA) is 122 Å². The first kappa shape index (κ1) is 19.2. The molecule has 3 amide bonds. The van der Waals surface area contributed by atoms with Gasteiger partial charge in [-0.1, -0.05) is 24.3 Å². The molecular formula is C19H21N5O4. The Morgan fingerprint density at radius 3 is 2.29 bits per heavy atom. The van der Waals surface area contributed by atoms with Gasteiger partial charge in [-0.25, -0.2) is 4.79 Å². The maximum absolute atomic E-state index is 12.7. The van der Waals surface area contributed by atoms with Crippen LogP contribution in [0, 0.1) is 10.1 Å². The van der Waals surface area contributed by atoms with E-state index in [0.717, 1.165) is 5.56 Å². The fraction of sp³-hybridized carbons (Fsp3) is 0.263. The Kier molecular flexibility index (Phi) is 5.73. The van der Waals surface area contributed by atoms with E-state index in [4.69, 9.17) is 5.73 Å². The highest BCUT2D eigenvalue weighted by Crippen LogP contribution is 2.28. The Morgan fingerprint density at radius 1 is 1.04 bits per heavy atom. The van der Waals surface area contributed by atoms with Crippen LogP contribution in [-0.2, 0) is 6.54 Å². The smallest absolute Gasteiger partial charge is 0.312 e. The Hall–Kier alpha value is -3.62. The molecule has 1 fully saturated rings. The Morgan fingerprint density at radius 2 is 1.68 bits per heavy atom. The van der Waals surface area contributed by atoms with Gasteiger partial charge in [-0.3, -0.25) is 14.9 Å². The number of piperazine rings is 1. The number of nitrogens with one attached hydrogen (secondary N) is 1. The molecule has 2 aromatic carbocycles. The second kappa shape index (κ2) is 8.38. The zero-order valence-corrected chi connectivity index (χ0v) is 15.2. The number of primary amides is 1. The van der Waals surface area contributed by atoms with Crippen LogP contribution in [-0.4, -0.2) is 47.9 Å². The zero-order valence-electron chi connectivity index (χ0n) is 15.2. The number of hydrogen-bond acceptors (Lipinski definition) is 5. The van der Waals surface area contributed by atoms with Crippen molar-refractivity contribution in [2.24, 2.45) is 5.73 Å². The molecule has 0 spiro atoms. The normalized spacial score (nSPS) is 13.9. The standard InChI is InChI=1S/C19H21N5O4/c20-19(26)21-13-14-5-7-15(8-6-14)18(25)23-11-9-22(10-12-23)16-3-1-2-4-17(16)24(27)28/h1-8H,9-13H2,(H3,20,21,26). The lowest BCUT2D eigenvalue weighted by atomic mass is 10.1. The number of nitrogens with zero attached hydrogens (tertiary/aromatic N) is 3. The monoisotopic (exact) mass is 383 g/mol. The fourth-order valence-electron chi connectivity index (χ4n) is 3.17. The van der Waals surface area contributed by atoms with Gasteiger partial charge in [0.05, 0.1) is 4.92 Å². The van der Waals surface area contributed by atoms with E-state index in [1.165, 1.54) is 6.07 Å². The molecule has 1 saturated heterocycles. The van der Waals surface area contributed by atoms with Crippen LogP contribution in [0.15, 0.2) is 48.5 Å². The maximum Gasteiger partial charge on any atom is 0.312 e. The highest BCUT2D eigenvalue weighted by Gasteiger charge is 2.25. The van der Waals surface area contributed by atoms with E-state index >= 15 is 0 Å². The number of nitrogens with two attached hydrogens (primary N) is 1. The van der Waals surface area contributed by atoms with Crippen LogP contribution in [0.1, 0.15) is 15.9 Å². The molecule has 3 rings (SSSR count). The number of rotatable bonds is 5. The molecule has 146 valence electrons. The molecular weight excluding hydrogens is 362 g/mol. The number of para-hydroxylation sites is 2. The SMILES string of the molecule is NC(=O)NCc1ccc(C(=O)N2CCN(c3ccccc3[N+](=O)[O-])CC2)cc1. The molecule has 2 aromatic rings. The summed E-state index contributed by atoms with van der Waals surface area (Å²) in [6.45, 7) is 2.32. The molecule has 1 aliphatic rings. The summed E-state index contributed by atoms with van der Waals surface area (Å²) in [4.78, 5) is 38.0. The van der Waals surface area contributed by atoms with E-state index in [9.17, 15) is 19.7 Å². The minimum absolute atomic E-state index is 0.0717. The van der Waals surface area contributed by atoms with E-state index in [0.29, 0.717) is 44.0 Å². The number of carbonyl (C=O) groups is 2. The van der Waals surface area contributed by atoms with Gasteiger partial charge in [-0.15, -0.1) is 0 Å². The van der Waals surface area contributed by atoms with Crippen molar-refractivity contribution < 1.29 is 14.5 Å². The summed E-state index contributed by atoms with van der Waals surface area (Å²) in [6, 6.07) is 13.0. The molecule has 0 unspecified atom stereocenters. The second-order valence-corrected chi connectivity index (χ2v) is 6.44. The molecule has 1 heterocycles. The highest BCUT2D eigenvalue weighted by molar-refractivity contribution is 5.94. The van der Waals surface area contributed by atoms with Crippen LogP contribution in [0.3, 0.4) is 0 Å². The van der Waals surface area contributed by atoms with Gasteiger partial charge < -0.3 is 20.9 Å². The molecule has 0 atom stereocenters. The Labute approximate surface area is 161 Å². The first-order chi connectivity index (χ1) is 13.5. The number of nitro groups is 1. The van der Waals surface area contributed by atoms with Crippen LogP contribution in [0.25, 0.3) is 0 Å². The number of urea groups is 1. The van der Waals surface area contributed by atoms with Crippen molar-refractivity contribution in [3.8, 4) is 0 Å². The van der Waals surface area contributed by atoms with E-state index < -0.39 is 6.03 Å². The van der Waals surface area contributed by atoms with Crippen LogP contribution >= 0.6 is 0 Å². The van der Waals surface area contributed by atoms with Crippen LogP contribution in [0.2, 0.25) is 0 Å². The molecule has 0 aliphatic carbocycles. The van der Waals surface area contributed by atoms with E-state index in [2.05, 4.69) is 5.32 Å². The first-order valence-electron chi connectivity index (χ1n) is 8.85. The summed E-state index contributed by atoms with van der Waals surface area (Å²) in [6.07, 6.45) is 0. The number of benzene rings is 2. The van der Waals surface area contributed by atoms with Gasteiger partial charge in [-0.2, -0.15) is 0 Å². The van der Waals surface area contributed by atoms with Gasteiger partial charge >= 0.3 is 6.03 Å². The number of carbonyl (C=O) groups excluding carboxylic acids is 2. The van der Waals surface area contributed by atoms with Crippen molar-refractivity contribution in [2.45, 2.75) is 6.54 Å². The van der Waals surface area contributed by atoms with Crippen molar-refractivity contribution in [1.82, 2.24) is 10.2 Å². The van der Waals surface area contributed by atoms with Crippen LogP contribution in [0.5, 0.6) is 0 Å². The quantitative estimate of drug-likeness (QED) is 0.601. The van der Waals surface area contributed by atoms with E-state index in [1.807, 2.05) is 4.90 Å². The average molecular weight is 383 g/mol.